The van der Waals surface area contributed by atoms with Gasteiger partial charge in [0.2, 0.25) is 0 Å². The number of anilines is 2. The van der Waals surface area contributed by atoms with E-state index in [1.54, 1.807) is 0 Å². The van der Waals surface area contributed by atoms with Crippen LogP contribution in [0.3, 0.4) is 0 Å². The van der Waals surface area contributed by atoms with Crippen LogP contribution in [-0.4, -0.2) is 18.1 Å². The highest BCUT2D eigenvalue weighted by atomic mass is 15.2. The molecule has 0 fully saturated rings. The highest BCUT2D eigenvalue weighted by Gasteiger charge is 2.06. The highest BCUT2D eigenvalue weighted by molar-refractivity contribution is 5.50. The number of nitrogens with two attached hydrogens (primary N) is 1. The number of rotatable bonds is 2. The van der Waals surface area contributed by atoms with Crippen molar-refractivity contribution in [2.45, 2.75) is 26.8 Å². The highest BCUT2D eigenvalue weighted by Crippen LogP contribution is 2.16. The number of aryl methyl sites for hydroxylation is 1. The molecule has 1 heterocycles. The van der Waals surface area contributed by atoms with Gasteiger partial charge in [-0.1, -0.05) is 0 Å². The van der Waals surface area contributed by atoms with E-state index in [-0.39, 0.29) is 0 Å². The van der Waals surface area contributed by atoms with Gasteiger partial charge < -0.3 is 10.6 Å². The summed E-state index contributed by atoms with van der Waals surface area (Å²) in [5.74, 6) is 0.974. The fourth-order valence-electron chi connectivity index (χ4n) is 1.02. The van der Waals surface area contributed by atoms with Crippen LogP contribution in [0.15, 0.2) is 12.1 Å². The van der Waals surface area contributed by atoms with E-state index in [1.807, 2.05) is 26.1 Å². The molecule has 3 heteroatoms. The Balaban J connectivity index is 2.97. The van der Waals surface area contributed by atoms with Crippen LogP contribution in [0.5, 0.6) is 0 Å². The van der Waals surface area contributed by atoms with E-state index in [1.165, 1.54) is 0 Å². The first-order valence-corrected chi connectivity index (χ1v) is 4.48. The standard InChI is InChI=1S/C10H17N3/c1-7(2)13(4)10-6-5-9(11)8(3)12-10/h5-7H,11H2,1-4H3. The van der Waals surface area contributed by atoms with Crippen molar-refractivity contribution in [1.29, 1.82) is 0 Å². The molecule has 1 rings (SSSR count). The fraction of sp³-hybridized carbons (Fsp3) is 0.500. The van der Waals surface area contributed by atoms with Crippen molar-refractivity contribution in [3.8, 4) is 0 Å². The number of nitrogens with zero attached hydrogens (tertiary/aromatic N) is 2. The van der Waals surface area contributed by atoms with Crippen LogP contribution in [0.1, 0.15) is 19.5 Å². The summed E-state index contributed by atoms with van der Waals surface area (Å²) >= 11 is 0. The zero-order valence-corrected chi connectivity index (χ0v) is 8.70. The first-order chi connectivity index (χ1) is 6.02. The maximum Gasteiger partial charge on any atom is 0.128 e. The van der Waals surface area contributed by atoms with Crippen molar-refractivity contribution in [2.24, 2.45) is 0 Å². The first kappa shape index (κ1) is 9.84. The quantitative estimate of drug-likeness (QED) is 0.753. The third kappa shape index (κ3) is 2.11. The summed E-state index contributed by atoms with van der Waals surface area (Å²) < 4.78 is 0. The lowest BCUT2D eigenvalue weighted by Gasteiger charge is -2.22. The number of hydrogen-bond donors (Lipinski definition) is 1. The molecule has 0 amide bonds. The van der Waals surface area contributed by atoms with Gasteiger partial charge in [-0.15, -0.1) is 0 Å². The normalized spacial score (nSPS) is 10.5. The molecule has 0 aromatic carbocycles. The van der Waals surface area contributed by atoms with E-state index in [9.17, 15) is 0 Å². The fourth-order valence-corrected chi connectivity index (χ4v) is 1.02. The van der Waals surface area contributed by atoms with Gasteiger partial charge in [-0.3, -0.25) is 0 Å². The van der Waals surface area contributed by atoms with Gasteiger partial charge in [0.05, 0.1) is 11.4 Å². The molecular formula is C10H17N3. The smallest absolute Gasteiger partial charge is 0.128 e. The van der Waals surface area contributed by atoms with Crippen molar-refractivity contribution in [3.63, 3.8) is 0 Å². The Hall–Kier alpha value is -1.25. The van der Waals surface area contributed by atoms with Gasteiger partial charge in [-0.2, -0.15) is 0 Å². The molecule has 0 atom stereocenters. The molecule has 0 aliphatic carbocycles. The van der Waals surface area contributed by atoms with Crippen LogP contribution >= 0.6 is 0 Å². The maximum atomic E-state index is 5.68. The molecule has 13 heavy (non-hydrogen) atoms. The van der Waals surface area contributed by atoms with Gasteiger partial charge in [0.1, 0.15) is 5.82 Å². The van der Waals surface area contributed by atoms with Crippen molar-refractivity contribution in [1.82, 2.24) is 4.98 Å². The Morgan fingerprint density at radius 2 is 2.00 bits per heavy atom. The molecule has 0 saturated heterocycles. The molecular weight excluding hydrogens is 162 g/mol. The lowest BCUT2D eigenvalue weighted by Crippen LogP contribution is -2.26. The zero-order chi connectivity index (χ0) is 10.0. The number of hydrogen-bond acceptors (Lipinski definition) is 3. The summed E-state index contributed by atoms with van der Waals surface area (Å²) in [5.41, 5.74) is 7.33. The second kappa shape index (κ2) is 3.64. The topological polar surface area (TPSA) is 42.2 Å². The van der Waals surface area contributed by atoms with E-state index in [2.05, 4.69) is 23.7 Å². The van der Waals surface area contributed by atoms with E-state index in [4.69, 9.17) is 5.73 Å². The van der Waals surface area contributed by atoms with Crippen molar-refractivity contribution < 1.29 is 0 Å². The first-order valence-electron chi connectivity index (χ1n) is 4.48. The Bertz CT molecular complexity index is 294. The zero-order valence-electron chi connectivity index (χ0n) is 8.70. The van der Waals surface area contributed by atoms with Crippen LogP contribution in [0.4, 0.5) is 11.5 Å². The molecule has 0 aliphatic heterocycles. The largest absolute Gasteiger partial charge is 0.397 e. The molecule has 1 aromatic heterocycles. The third-order valence-electron chi connectivity index (χ3n) is 2.25. The second-order valence-corrected chi connectivity index (χ2v) is 3.55. The Kier molecular flexibility index (Phi) is 2.76. The SMILES string of the molecule is Cc1nc(N(C)C(C)C)ccc1N. The Morgan fingerprint density at radius 1 is 1.38 bits per heavy atom. The van der Waals surface area contributed by atoms with E-state index >= 15 is 0 Å². The molecule has 0 spiro atoms. The van der Waals surface area contributed by atoms with Crippen LogP contribution in [0.2, 0.25) is 0 Å². The maximum absolute atomic E-state index is 5.68. The number of nitrogen functional groups attached to an aromatic ring is 1. The Labute approximate surface area is 79.6 Å². The number of aromatic nitrogens is 1. The minimum Gasteiger partial charge on any atom is -0.397 e. The molecule has 0 unspecified atom stereocenters. The van der Waals surface area contributed by atoms with E-state index < -0.39 is 0 Å². The van der Waals surface area contributed by atoms with Crippen molar-refractivity contribution >= 4 is 11.5 Å². The minimum absolute atomic E-state index is 0.454. The van der Waals surface area contributed by atoms with Gasteiger partial charge in [0, 0.05) is 13.1 Å². The lowest BCUT2D eigenvalue weighted by molar-refractivity contribution is 0.742. The average molecular weight is 179 g/mol. The van der Waals surface area contributed by atoms with Gasteiger partial charge >= 0.3 is 0 Å². The van der Waals surface area contributed by atoms with Crippen LogP contribution in [0, 0.1) is 6.92 Å². The van der Waals surface area contributed by atoms with Crippen molar-refractivity contribution in [2.75, 3.05) is 17.7 Å². The van der Waals surface area contributed by atoms with E-state index in [0.29, 0.717) is 6.04 Å². The average Bonchev–Trinajstić information content (AvgIpc) is 2.08. The summed E-state index contributed by atoms with van der Waals surface area (Å²) in [6, 6.07) is 4.30. The predicted molar refractivity (Wildman–Crippen MR) is 56.9 cm³/mol. The number of pyridine rings is 1. The summed E-state index contributed by atoms with van der Waals surface area (Å²) in [5, 5.41) is 0. The third-order valence-corrected chi connectivity index (χ3v) is 2.25. The molecule has 1 aromatic rings. The molecule has 72 valence electrons. The van der Waals surface area contributed by atoms with Gasteiger partial charge in [0.15, 0.2) is 0 Å². The monoisotopic (exact) mass is 179 g/mol. The van der Waals surface area contributed by atoms with Crippen LogP contribution < -0.4 is 10.6 Å². The molecule has 2 N–H and O–H groups in total. The van der Waals surface area contributed by atoms with E-state index in [0.717, 1.165) is 17.2 Å². The summed E-state index contributed by atoms with van der Waals surface area (Å²) in [6.07, 6.45) is 0. The van der Waals surface area contributed by atoms with Crippen molar-refractivity contribution in [3.05, 3.63) is 17.8 Å². The second-order valence-electron chi connectivity index (χ2n) is 3.55. The van der Waals surface area contributed by atoms with Gasteiger partial charge in [-0.25, -0.2) is 4.98 Å². The van der Waals surface area contributed by atoms with Crippen LogP contribution in [-0.2, 0) is 0 Å². The summed E-state index contributed by atoms with van der Waals surface area (Å²) in [6.45, 7) is 6.19. The molecule has 0 aliphatic rings. The van der Waals surface area contributed by atoms with Crippen LogP contribution in [0.25, 0.3) is 0 Å². The molecule has 3 nitrogen and oxygen atoms in total. The molecule has 0 saturated carbocycles. The molecule has 0 bridgehead atoms. The minimum atomic E-state index is 0.454. The lowest BCUT2D eigenvalue weighted by atomic mass is 10.3. The summed E-state index contributed by atoms with van der Waals surface area (Å²) in [4.78, 5) is 6.51. The predicted octanol–water partition coefficient (Wildman–Crippen LogP) is 1.82. The van der Waals surface area contributed by atoms with Gasteiger partial charge in [-0.05, 0) is 32.9 Å². The molecule has 0 radical (unpaired) electrons. The Morgan fingerprint density at radius 3 is 2.46 bits per heavy atom. The van der Waals surface area contributed by atoms with Gasteiger partial charge in [0.25, 0.3) is 0 Å². The summed E-state index contributed by atoms with van der Waals surface area (Å²) in [7, 11) is 2.03.